The van der Waals surface area contributed by atoms with Crippen LogP contribution in [0.15, 0.2) is 30.3 Å². The van der Waals surface area contributed by atoms with Crippen molar-refractivity contribution in [2.24, 2.45) is 5.92 Å². The van der Waals surface area contributed by atoms with Gasteiger partial charge in [0.1, 0.15) is 12.3 Å². The van der Waals surface area contributed by atoms with Gasteiger partial charge in [0.2, 0.25) is 11.8 Å². The van der Waals surface area contributed by atoms with Crippen molar-refractivity contribution >= 4 is 11.8 Å². The first-order chi connectivity index (χ1) is 13.8. The molecule has 1 aliphatic heterocycles. The summed E-state index contributed by atoms with van der Waals surface area (Å²) in [7, 11) is 0. The van der Waals surface area contributed by atoms with Gasteiger partial charge in [0.15, 0.2) is 0 Å². The summed E-state index contributed by atoms with van der Waals surface area (Å²) >= 11 is 0. The number of nitrogens with zero attached hydrogens (tertiary/aromatic N) is 2. The minimum atomic E-state index is -4.40. The molecular formula is C21H29F3N2O3. The van der Waals surface area contributed by atoms with Gasteiger partial charge in [-0.3, -0.25) is 9.59 Å². The number of piperidine rings is 1. The van der Waals surface area contributed by atoms with Gasteiger partial charge in [-0.25, -0.2) is 0 Å². The fourth-order valence-electron chi connectivity index (χ4n) is 3.40. The summed E-state index contributed by atoms with van der Waals surface area (Å²) < 4.78 is 44.0. The van der Waals surface area contributed by atoms with Crippen molar-refractivity contribution in [2.45, 2.75) is 45.2 Å². The number of benzene rings is 1. The summed E-state index contributed by atoms with van der Waals surface area (Å²) in [4.78, 5) is 27.5. The predicted molar refractivity (Wildman–Crippen MR) is 103 cm³/mol. The van der Waals surface area contributed by atoms with E-state index in [1.165, 1.54) is 0 Å². The number of unbranched alkanes of at least 4 members (excludes halogenated alkanes) is 1. The second-order valence-electron chi connectivity index (χ2n) is 7.30. The molecule has 162 valence electrons. The first-order valence-corrected chi connectivity index (χ1v) is 10.1. The zero-order chi connectivity index (χ0) is 21.3. The number of hydrogen-bond acceptors (Lipinski definition) is 3. The van der Waals surface area contributed by atoms with Gasteiger partial charge < -0.3 is 14.5 Å². The highest BCUT2D eigenvalue weighted by molar-refractivity contribution is 5.80. The number of carbonyl (C=O) groups excluding carboxylic acids is 2. The zero-order valence-electron chi connectivity index (χ0n) is 16.8. The van der Waals surface area contributed by atoms with Crippen LogP contribution in [0.1, 0.15) is 39.0 Å². The molecule has 0 atom stereocenters. The van der Waals surface area contributed by atoms with E-state index < -0.39 is 24.5 Å². The van der Waals surface area contributed by atoms with Crippen LogP contribution in [0.2, 0.25) is 0 Å². The first kappa shape index (κ1) is 23.0. The normalized spacial score (nSPS) is 15.2. The van der Waals surface area contributed by atoms with Crippen molar-refractivity contribution in [1.29, 1.82) is 0 Å². The number of halogens is 3. The lowest BCUT2D eigenvalue weighted by atomic mass is 9.95. The number of alkyl halides is 3. The Hall–Kier alpha value is -2.25. The van der Waals surface area contributed by atoms with Gasteiger partial charge in [0.25, 0.3) is 0 Å². The number of carbonyl (C=O) groups is 2. The van der Waals surface area contributed by atoms with Crippen LogP contribution in [0.25, 0.3) is 0 Å². The third-order valence-electron chi connectivity index (χ3n) is 4.99. The highest BCUT2D eigenvalue weighted by atomic mass is 19.4. The van der Waals surface area contributed by atoms with Crippen LogP contribution in [0.3, 0.4) is 0 Å². The molecule has 29 heavy (non-hydrogen) atoms. The van der Waals surface area contributed by atoms with E-state index in [1.807, 2.05) is 37.3 Å². The molecule has 2 amide bonds. The molecule has 8 heteroatoms. The lowest BCUT2D eigenvalue weighted by Crippen LogP contribution is -2.47. The maximum atomic E-state index is 12.8. The van der Waals surface area contributed by atoms with Crippen LogP contribution >= 0.6 is 0 Å². The minimum Gasteiger partial charge on any atom is -0.493 e. The molecular weight excluding hydrogens is 385 g/mol. The van der Waals surface area contributed by atoms with Gasteiger partial charge in [-0.2, -0.15) is 13.2 Å². The van der Waals surface area contributed by atoms with E-state index in [0.29, 0.717) is 38.1 Å². The van der Waals surface area contributed by atoms with Crippen LogP contribution in [-0.4, -0.2) is 60.6 Å². The van der Waals surface area contributed by atoms with Crippen molar-refractivity contribution in [3.8, 4) is 5.75 Å². The van der Waals surface area contributed by atoms with Crippen LogP contribution in [-0.2, 0) is 9.59 Å². The molecule has 1 aliphatic rings. The van der Waals surface area contributed by atoms with Crippen LogP contribution in [0, 0.1) is 5.92 Å². The Morgan fingerprint density at radius 3 is 2.41 bits per heavy atom. The Balaban J connectivity index is 1.78. The third-order valence-corrected chi connectivity index (χ3v) is 4.99. The third kappa shape index (κ3) is 7.95. The van der Waals surface area contributed by atoms with Crippen molar-refractivity contribution in [3.05, 3.63) is 30.3 Å². The van der Waals surface area contributed by atoms with Crippen molar-refractivity contribution < 1.29 is 27.5 Å². The van der Waals surface area contributed by atoms with Crippen molar-refractivity contribution in [1.82, 2.24) is 9.80 Å². The molecule has 0 radical (unpaired) electrons. The number of rotatable bonds is 9. The summed E-state index contributed by atoms with van der Waals surface area (Å²) in [5.41, 5.74) is 0. The molecule has 1 saturated heterocycles. The van der Waals surface area contributed by atoms with Crippen LogP contribution in [0.4, 0.5) is 13.2 Å². The summed E-state index contributed by atoms with van der Waals surface area (Å²) in [5, 5.41) is 0. The maximum absolute atomic E-state index is 12.8. The highest BCUT2D eigenvalue weighted by Gasteiger charge is 2.36. The van der Waals surface area contributed by atoms with Crippen molar-refractivity contribution in [2.75, 3.05) is 32.8 Å². The quantitative estimate of drug-likeness (QED) is 0.616. The van der Waals surface area contributed by atoms with Gasteiger partial charge in [-0.05, 0) is 31.4 Å². The molecule has 5 nitrogen and oxygen atoms in total. The Morgan fingerprint density at radius 1 is 1.17 bits per heavy atom. The molecule has 0 spiro atoms. The Kier molecular flexibility index (Phi) is 8.79. The zero-order valence-corrected chi connectivity index (χ0v) is 16.8. The first-order valence-electron chi connectivity index (χ1n) is 10.1. The fourth-order valence-corrected chi connectivity index (χ4v) is 3.40. The summed E-state index contributed by atoms with van der Waals surface area (Å²) in [6.07, 6.45) is -2.13. The van der Waals surface area contributed by atoms with Gasteiger partial charge in [-0.15, -0.1) is 0 Å². The number of amides is 2. The molecule has 0 N–H and O–H groups in total. The second-order valence-corrected chi connectivity index (χ2v) is 7.30. The maximum Gasteiger partial charge on any atom is 0.406 e. The van der Waals surface area contributed by atoms with Crippen molar-refractivity contribution in [3.63, 3.8) is 0 Å². The van der Waals surface area contributed by atoms with Crippen LogP contribution in [0.5, 0.6) is 5.75 Å². The fraction of sp³-hybridized carbons (Fsp3) is 0.619. The average molecular weight is 414 g/mol. The predicted octanol–water partition coefficient (Wildman–Crippen LogP) is 3.89. The van der Waals surface area contributed by atoms with Crippen LogP contribution < -0.4 is 4.74 Å². The van der Waals surface area contributed by atoms with E-state index in [-0.39, 0.29) is 25.5 Å². The molecule has 0 aliphatic carbocycles. The molecule has 1 aromatic rings. The lowest BCUT2D eigenvalue weighted by molar-refractivity contribution is -0.165. The average Bonchev–Trinajstić information content (AvgIpc) is 2.70. The number of ether oxygens (including phenoxy) is 1. The van der Waals surface area contributed by atoms with Gasteiger partial charge in [0.05, 0.1) is 13.0 Å². The molecule has 1 aromatic carbocycles. The van der Waals surface area contributed by atoms with E-state index >= 15 is 0 Å². The number of likely N-dealkylation sites (tertiary alicyclic amines) is 1. The van der Waals surface area contributed by atoms with Gasteiger partial charge in [-0.1, -0.05) is 31.5 Å². The summed E-state index contributed by atoms with van der Waals surface area (Å²) in [6.45, 7) is 1.81. The minimum absolute atomic E-state index is 0.0649. The second kappa shape index (κ2) is 11.1. The van der Waals surface area contributed by atoms with E-state index in [2.05, 4.69) is 0 Å². The topological polar surface area (TPSA) is 49.9 Å². The van der Waals surface area contributed by atoms with E-state index in [9.17, 15) is 22.8 Å². The largest absolute Gasteiger partial charge is 0.493 e. The molecule has 0 aromatic heterocycles. The van der Waals surface area contributed by atoms with E-state index in [4.69, 9.17) is 4.74 Å². The molecule has 1 heterocycles. The van der Waals surface area contributed by atoms with E-state index in [0.717, 1.165) is 11.3 Å². The monoisotopic (exact) mass is 414 g/mol. The standard InChI is InChI=1S/C21H29F3N2O3/c1-2-3-12-26(16-21(22,23)24)20(28)17-9-13-25(14-10-17)19(27)11-15-29-18-7-5-4-6-8-18/h4-8,17H,2-3,9-16H2,1H3. The molecule has 2 rings (SSSR count). The SMILES string of the molecule is CCCCN(CC(F)(F)F)C(=O)C1CCN(C(=O)CCOc2ccccc2)CC1. The van der Waals surface area contributed by atoms with Gasteiger partial charge in [0, 0.05) is 25.6 Å². The lowest BCUT2D eigenvalue weighted by Gasteiger charge is -2.34. The molecule has 1 fully saturated rings. The molecule has 0 unspecified atom stereocenters. The molecule has 0 saturated carbocycles. The summed E-state index contributed by atoms with van der Waals surface area (Å²) in [5.74, 6) is -0.277. The smallest absolute Gasteiger partial charge is 0.406 e. The number of hydrogen-bond donors (Lipinski definition) is 0. The summed E-state index contributed by atoms with van der Waals surface area (Å²) in [6, 6.07) is 9.20. The number of para-hydroxylation sites is 1. The van der Waals surface area contributed by atoms with Gasteiger partial charge >= 0.3 is 6.18 Å². The Bertz CT molecular complexity index is 644. The Labute approximate surface area is 169 Å². The van der Waals surface area contributed by atoms with E-state index in [1.54, 1.807) is 4.90 Å². The molecule has 0 bridgehead atoms. The Morgan fingerprint density at radius 2 is 1.83 bits per heavy atom. The highest BCUT2D eigenvalue weighted by Crippen LogP contribution is 2.24.